The lowest BCUT2D eigenvalue weighted by atomic mass is 10.1. The van der Waals surface area contributed by atoms with Crippen molar-refractivity contribution >= 4 is 0 Å². The zero-order valence-electron chi connectivity index (χ0n) is 14.8. The van der Waals surface area contributed by atoms with Crippen LogP contribution in [-0.4, -0.2) is 64.6 Å². The van der Waals surface area contributed by atoms with Crippen LogP contribution < -0.4 is 9.47 Å². The lowest BCUT2D eigenvalue weighted by molar-refractivity contribution is 0.0719. The predicted octanol–water partition coefficient (Wildman–Crippen LogP) is 1.42. The zero-order chi connectivity index (χ0) is 17.8. The van der Waals surface area contributed by atoms with Gasteiger partial charge in [0.05, 0.1) is 38.6 Å². The Labute approximate surface area is 151 Å². The fraction of sp³-hybridized carbons (Fsp3) is 0.647. The van der Waals surface area contributed by atoms with Gasteiger partial charge in [-0.2, -0.15) is 9.97 Å². The van der Waals surface area contributed by atoms with Crippen LogP contribution in [0.5, 0.6) is 11.8 Å². The molecule has 0 spiro atoms. The van der Waals surface area contributed by atoms with Gasteiger partial charge in [0.25, 0.3) is 0 Å². The number of rotatable bonds is 6. The molecule has 2 atom stereocenters. The summed E-state index contributed by atoms with van der Waals surface area (Å²) in [5.41, 5.74) is 0. The summed E-state index contributed by atoms with van der Waals surface area (Å²) < 4.78 is 22.2. The third-order valence-corrected chi connectivity index (χ3v) is 4.69. The fourth-order valence-electron chi connectivity index (χ4n) is 3.29. The van der Waals surface area contributed by atoms with E-state index in [9.17, 15) is 0 Å². The van der Waals surface area contributed by atoms with Crippen LogP contribution in [0.25, 0.3) is 0 Å². The van der Waals surface area contributed by atoms with Gasteiger partial charge in [0.2, 0.25) is 11.8 Å². The predicted molar refractivity (Wildman–Crippen MR) is 90.0 cm³/mol. The molecule has 2 aliphatic rings. The van der Waals surface area contributed by atoms with Crippen LogP contribution in [0.3, 0.4) is 0 Å². The van der Waals surface area contributed by atoms with Gasteiger partial charge < -0.3 is 18.6 Å². The first-order valence-electron chi connectivity index (χ1n) is 8.95. The number of hydrogen-bond acceptors (Lipinski definition) is 9. The van der Waals surface area contributed by atoms with E-state index in [2.05, 4.69) is 25.1 Å². The highest BCUT2D eigenvalue weighted by molar-refractivity contribution is 5.13. The Kier molecular flexibility index (Phi) is 5.26. The van der Waals surface area contributed by atoms with E-state index < -0.39 is 0 Å². The number of likely N-dealkylation sites (tertiary alicyclic amines) is 1. The number of methoxy groups -OCH3 is 1. The minimum atomic E-state index is 0.0442. The minimum absolute atomic E-state index is 0.0442. The van der Waals surface area contributed by atoms with Crippen molar-refractivity contribution in [3.8, 4) is 11.8 Å². The van der Waals surface area contributed by atoms with Gasteiger partial charge in [-0.05, 0) is 25.8 Å². The van der Waals surface area contributed by atoms with Gasteiger partial charge in [-0.15, -0.1) is 10.2 Å². The smallest absolute Gasteiger partial charge is 0.316 e. The van der Waals surface area contributed by atoms with Crippen LogP contribution in [0.4, 0.5) is 0 Å². The standard InChI is InChI=1S/C17H23N5O4/c1-23-14-7-18-17(19-8-14)25-13-3-2-5-22(9-13)10-15-20-21-16(26-15)12-4-6-24-11-12/h7-8,12-13H,2-6,9-11H2,1H3. The SMILES string of the molecule is COc1cnc(OC2CCCN(Cc3nnc(C4CCOC4)o3)C2)nc1. The van der Waals surface area contributed by atoms with Crippen molar-refractivity contribution in [2.75, 3.05) is 33.4 Å². The van der Waals surface area contributed by atoms with Gasteiger partial charge in [0, 0.05) is 13.2 Å². The van der Waals surface area contributed by atoms with Crippen LogP contribution >= 0.6 is 0 Å². The molecule has 0 amide bonds. The first-order valence-corrected chi connectivity index (χ1v) is 8.95. The summed E-state index contributed by atoms with van der Waals surface area (Å²) in [6.45, 7) is 3.82. The Bertz CT molecular complexity index is 701. The monoisotopic (exact) mass is 361 g/mol. The van der Waals surface area contributed by atoms with Gasteiger partial charge in [-0.3, -0.25) is 4.90 Å². The summed E-state index contributed by atoms with van der Waals surface area (Å²) in [4.78, 5) is 10.6. The molecule has 0 aromatic carbocycles. The molecule has 140 valence electrons. The Morgan fingerprint density at radius 2 is 2.12 bits per heavy atom. The van der Waals surface area contributed by atoms with E-state index in [-0.39, 0.29) is 12.0 Å². The molecular formula is C17H23N5O4. The normalized spacial score (nSPS) is 23.9. The van der Waals surface area contributed by atoms with Crippen molar-refractivity contribution in [2.24, 2.45) is 0 Å². The van der Waals surface area contributed by atoms with Crippen LogP contribution in [0.15, 0.2) is 16.8 Å². The van der Waals surface area contributed by atoms with Gasteiger partial charge in [0.1, 0.15) is 6.10 Å². The van der Waals surface area contributed by atoms with E-state index in [1.807, 2.05) is 0 Å². The lowest BCUT2D eigenvalue weighted by Crippen LogP contribution is -2.40. The highest BCUT2D eigenvalue weighted by Crippen LogP contribution is 2.24. The van der Waals surface area contributed by atoms with Crippen LogP contribution in [0.2, 0.25) is 0 Å². The molecule has 26 heavy (non-hydrogen) atoms. The maximum absolute atomic E-state index is 5.91. The van der Waals surface area contributed by atoms with E-state index in [0.29, 0.717) is 36.7 Å². The van der Waals surface area contributed by atoms with Gasteiger partial charge in [-0.1, -0.05) is 0 Å². The Hall–Kier alpha value is -2.26. The van der Waals surface area contributed by atoms with Crippen molar-refractivity contribution in [3.05, 3.63) is 24.2 Å². The maximum Gasteiger partial charge on any atom is 0.316 e. The molecule has 4 heterocycles. The van der Waals surface area contributed by atoms with Crippen molar-refractivity contribution in [1.29, 1.82) is 0 Å². The third-order valence-electron chi connectivity index (χ3n) is 4.69. The van der Waals surface area contributed by atoms with Gasteiger partial charge >= 0.3 is 6.01 Å². The average molecular weight is 361 g/mol. The molecule has 2 aromatic heterocycles. The third kappa shape index (κ3) is 4.10. The second-order valence-corrected chi connectivity index (χ2v) is 6.62. The van der Waals surface area contributed by atoms with E-state index in [1.165, 1.54) is 0 Å². The average Bonchev–Trinajstić information content (AvgIpc) is 3.34. The van der Waals surface area contributed by atoms with Gasteiger partial charge in [-0.25, -0.2) is 0 Å². The quantitative estimate of drug-likeness (QED) is 0.756. The van der Waals surface area contributed by atoms with Crippen molar-refractivity contribution in [1.82, 2.24) is 25.1 Å². The Morgan fingerprint density at radius 3 is 2.88 bits per heavy atom. The molecule has 2 fully saturated rings. The summed E-state index contributed by atoms with van der Waals surface area (Å²) in [5.74, 6) is 2.19. The summed E-state index contributed by atoms with van der Waals surface area (Å²) in [7, 11) is 1.58. The largest absolute Gasteiger partial charge is 0.494 e. The first-order chi connectivity index (χ1) is 12.8. The van der Waals surface area contributed by atoms with E-state index in [1.54, 1.807) is 19.5 Å². The second kappa shape index (κ2) is 7.96. The van der Waals surface area contributed by atoms with E-state index in [0.717, 1.165) is 39.0 Å². The van der Waals surface area contributed by atoms with Crippen LogP contribution in [0, 0.1) is 0 Å². The zero-order valence-corrected chi connectivity index (χ0v) is 14.8. The summed E-state index contributed by atoms with van der Waals surface area (Å²) in [6.07, 6.45) is 6.22. The highest BCUT2D eigenvalue weighted by atomic mass is 16.5. The summed E-state index contributed by atoms with van der Waals surface area (Å²) >= 11 is 0. The molecule has 0 bridgehead atoms. The number of piperidine rings is 1. The lowest BCUT2D eigenvalue weighted by Gasteiger charge is -2.31. The number of ether oxygens (including phenoxy) is 3. The number of aromatic nitrogens is 4. The highest BCUT2D eigenvalue weighted by Gasteiger charge is 2.26. The molecule has 4 rings (SSSR count). The molecule has 0 radical (unpaired) electrons. The van der Waals surface area contributed by atoms with E-state index in [4.69, 9.17) is 18.6 Å². The van der Waals surface area contributed by atoms with Crippen molar-refractivity contribution < 1.29 is 18.6 Å². The molecule has 2 aliphatic heterocycles. The molecule has 0 aliphatic carbocycles. The minimum Gasteiger partial charge on any atom is -0.494 e. The molecular weight excluding hydrogens is 338 g/mol. The van der Waals surface area contributed by atoms with Crippen molar-refractivity contribution in [2.45, 2.75) is 37.8 Å². The van der Waals surface area contributed by atoms with Crippen LogP contribution in [-0.2, 0) is 11.3 Å². The summed E-state index contributed by atoms with van der Waals surface area (Å²) in [6, 6.07) is 0.374. The fourth-order valence-corrected chi connectivity index (χ4v) is 3.29. The number of hydrogen-bond donors (Lipinski definition) is 0. The first kappa shape index (κ1) is 17.2. The maximum atomic E-state index is 5.91. The molecule has 2 saturated heterocycles. The molecule has 2 aromatic rings. The van der Waals surface area contributed by atoms with Gasteiger partial charge in [0.15, 0.2) is 5.75 Å². The van der Waals surface area contributed by atoms with Crippen molar-refractivity contribution in [3.63, 3.8) is 0 Å². The summed E-state index contributed by atoms with van der Waals surface area (Å²) in [5, 5.41) is 8.37. The Balaban J connectivity index is 1.31. The molecule has 9 nitrogen and oxygen atoms in total. The van der Waals surface area contributed by atoms with Crippen LogP contribution in [0.1, 0.15) is 37.0 Å². The number of nitrogens with zero attached hydrogens (tertiary/aromatic N) is 5. The molecule has 2 unspecified atom stereocenters. The second-order valence-electron chi connectivity index (χ2n) is 6.62. The molecule has 0 saturated carbocycles. The molecule has 0 N–H and O–H groups in total. The van der Waals surface area contributed by atoms with E-state index >= 15 is 0 Å². The topological polar surface area (TPSA) is 95.6 Å². The Morgan fingerprint density at radius 1 is 1.23 bits per heavy atom. The molecule has 9 heteroatoms.